The minimum atomic E-state index is 0.349. The molecule has 70 valence electrons. The standard InChI is InChI=1S/C9H18N2S/c1-6(12)11-9-2-7-4-10-5-8(7)3-9/h6-12H,2-5H2,1H3. The third kappa shape index (κ3) is 1.78. The van der Waals surface area contributed by atoms with Crippen LogP contribution < -0.4 is 10.6 Å². The lowest BCUT2D eigenvalue weighted by Gasteiger charge is -2.15. The summed E-state index contributed by atoms with van der Waals surface area (Å²) in [6.07, 6.45) is 2.70. The average Bonchev–Trinajstić information content (AvgIpc) is 2.43. The van der Waals surface area contributed by atoms with Gasteiger partial charge in [0.25, 0.3) is 0 Å². The van der Waals surface area contributed by atoms with Gasteiger partial charge in [0.05, 0.1) is 0 Å². The second kappa shape index (κ2) is 3.56. The SMILES string of the molecule is CC(S)NC1CC2CNCC2C1. The maximum absolute atomic E-state index is 4.35. The van der Waals surface area contributed by atoms with Crippen LogP contribution in [-0.4, -0.2) is 24.5 Å². The fourth-order valence-electron chi connectivity index (χ4n) is 2.64. The quantitative estimate of drug-likeness (QED) is 0.440. The van der Waals surface area contributed by atoms with E-state index in [0.717, 1.165) is 17.9 Å². The molecule has 2 nitrogen and oxygen atoms in total. The molecule has 1 saturated heterocycles. The van der Waals surface area contributed by atoms with Crippen LogP contribution >= 0.6 is 12.6 Å². The zero-order valence-corrected chi connectivity index (χ0v) is 8.48. The summed E-state index contributed by atoms with van der Waals surface area (Å²) >= 11 is 4.35. The summed E-state index contributed by atoms with van der Waals surface area (Å²) in [5, 5.41) is 7.31. The lowest BCUT2D eigenvalue weighted by Crippen LogP contribution is -2.32. The van der Waals surface area contributed by atoms with Gasteiger partial charge in [0.1, 0.15) is 0 Å². The molecule has 0 aromatic carbocycles. The van der Waals surface area contributed by atoms with E-state index in [9.17, 15) is 0 Å². The average molecular weight is 186 g/mol. The molecule has 0 radical (unpaired) electrons. The Kier molecular flexibility index (Phi) is 2.63. The first-order valence-electron chi connectivity index (χ1n) is 4.90. The number of fused-ring (bicyclic) bond motifs is 1. The van der Waals surface area contributed by atoms with Crippen molar-refractivity contribution in [1.82, 2.24) is 10.6 Å². The van der Waals surface area contributed by atoms with E-state index >= 15 is 0 Å². The topological polar surface area (TPSA) is 24.1 Å². The van der Waals surface area contributed by atoms with Gasteiger partial charge >= 0.3 is 0 Å². The molecule has 12 heavy (non-hydrogen) atoms. The Hall–Kier alpha value is 0.270. The zero-order valence-electron chi connectivity index (χ0n) is 7.59. The molecule has 3 unspecified atom stereocenters. The second-order valence-electron chi connectivity index (χ2n) is 4.19. The lowest BCUT2D eigenvalue weighted by atomic mass is 10.0. The molecule has 2 aliphatic rings. The highest BCUT2D eigenvalue weighted by Crippen LogP contribution is 2.34. The van der Waals surface area contributed by atoms with Gasteiger partial charge in [0, 0.05) is 11.4 Å². The van der Waals surface area contributed by atoms with Crippen LogP contribution in [0.2, 0.25) is 0 Å². The molecule has 0 bridgehead atoms. The highest BCUT2D eigenvalue weighted by molar-refractivity contribution is 7.80. The van der Waals surface area contributed by atoms with Gasteiger partial charge in [-0.3, -0.25) is 0 Å². The van der Waals surface area contributed by atoms with E-state index in [1.54, 1.807) is 0 Å². The Labute approximate surface area is 79.9 Å². The van der Waals surface area contributed by atoms with E-state index in [0.29, 0.717) is 5.37 Å². The molecule has 0 spiro atoms. The molecule has 3 atom stereocenters. The monoisotopic (exact) mass is 186 g/mol. The Morgan fingerprint density at radius 3 is 2.42 bits per heavy atom. The number of hydrogen-bond acceptors (Lipinski definition) is 3. The predicted molar refractivity (Wildman–Crippen MR) is 54.5 cm³/mol. The molecular weight excluding hydrogens is 168 g/mol. The van der Waals surface area contributed by atoms with E-state index in [2.05, 4.69) is 30.2 Å². The van der Waals surface area contributed by atoms with E-state index in [1.165, 1.54) is 25.9 Å². The molecule has 0 aromatic rings. The Balaban J connectivity index is 1.82. The van der Waals surface area contributed by atoms with Crippen LogP contribution in [0.15, 0.2) is 0 Å². The predicted octanol–water partition coefficient (Wildman–Crippen LogP) is 0.850. The van der Waals surface area contributed by atoms with Crippen LogP contribution in [0.25, 0.3) is 0 Å². The first kappa shape index (κ1) is 8.85. The molecule has 2 N–H and O–H groups in total. The molecule has 1 aliphatic carbocycles. The third-order valence-electron chi connectivity index (χ3n) is 3.13. The van der Waals surface area contributed by atoms with Crippen LogP contribution in [0.3, 0.4) is 0 Å². The molecule has 1 saturated carbocycles. The number of nitrogens with one attached hydrogen (secondary N) is 2. The van der Waals surface area contributed by atoms with E-state index in [4.69, 9.17) is 0 Å². The van der Waals surface area contributed by atoms with Gasteiger partial charge in [-0.05, 0) is 44.7 Å². The first-order valence-corrected chi connectivity index (χ1v) is 5.42. The van der Waals surface area contributed by atoms with Gasteiger partial charge in [0.2, 0.25) is 0 Å². The second-order valence-corrected chi connectivity index (χ2v) is 4.96. The summed E-state index contributed by atoms with van der Waals surface area (Å²) in [5.74, 6) is 1.88. The maximum atomic E-state index is 4.35. The highest BCUT2D eigenvalue weighted by atomic mass is 32.1. The van der Waals surface area contributed by atoms with Crippen molar-refractivity contribution in [2.45, 2.75) is 31.2 Å². The molecule has 0 aromatic heterocycles. The van der Waals surface area contributed by atoms with Crippen LogP contribution in [0.1, 0.15) is 19.8 Å². The van der Waals surface area contributed by atoms with E-state index < -0.39 is 0 Å². The van der Waals surface area contributed by atoms with Crippen LogP contribution in [0.5, 0.6) is 0 Å². The van der Waals surface area contributed by atoms with Crippen molar-refractivity contribution in [2.75, 3.05) is 13.1 Å². The number of hydrogen-bond donors (Lipinski definition) is 3. The van der Waals surface area contributed by atoms with Crippen molar-refractivity contribution in [1.29, 1.82) is 0 Å². The number of thiol groups is 1. The summed E-state index contributed by atoms with van der Waals surface area (Å²) in [5.41, 5.74) is 0. The Morgan fingerprint density at radius 2 is 1.92 bits per heavy atom. The zero-order chi connectivity index (χ0) is 8.55. The van der Waals surface area contributed by atoms with Crippen LogP contribution in [-0.2, 0) is 0 Å². The Morgan fingerprint density at radius 1 is 1.33 bits per heavy atom. The van der Waals surface area contributed by atoms with Gasteiger partial charge < -0.3 is 10.6 Å². The molecule has 0 amide bonds. The molecule has 3 heteroatoms. The normalized spacial score (nSPS) is 43.0. The van der Waals surface area contributed by atoms with E-state index in [1.807, 2.05) is 0 Å². The van der Waals surface area contributed by atoms with Crippen molar-refractivity contribution in [3.8, 4) is 0 Å². The third-order valence-corrected chi connectivity index (χ3v) is 3.28. The highest BCUT2D eigenvalue weighted by Gasteiger charge is 2.37. The fourth-order valence-corrected chi connectivity index (χ4v) is 2.85. The van der Waals surface area contributed by atoms with Gasteiger partial charge in [-0.25, -0.2) is 0 Å². The molecular formula is C9H18N2S. The summed E-state index contributed by atoms with van der Waals surface area (Å²) in [6, 6.07) is 0.731. The summed E-state index contributed by atoms with van der Waals surface area (Å²) < 4.78 is 0. The summed E-state index contributed by atoms with van der Waals surface area (Å²) in [4.78, 5) is 0. The Bertz CT molecular complexity index is 149. The molecule has 1 aliphatic heterocycles. The van der Waals surface area contributed by atoms with Crippen molar-refractivity contribution in [2.24, 2.45) is 11.8 Å². The van der Waals surface area contributed by atoms with Crippen LogP contribution in [0, 0.1) is 11.8 Å². The van der Waals surface area contributed by atoms with Crippen LogP contribution in [0.4, 0.5) is 0 Å². The summed E-state index contributed by atoms with van der Waals surface area (Å²) in [6.45, 7) is 4.59. The van der Waals surface area contributed by atoms with Crippen molar-refractivity contribution in [3.05, 3.63) is 0 Å². The van der Waals surface area contributed by atoms with Crippen molar-refractivity contribution < 1.29 is 0 Å². The van der Waals surface area contributed by atoms with Gasteiger partial charge in [-0.15, -0.1) is 0 Å². The fraction of sp³-hybridized carbons (Fsp3) is 1.00. The minimum Gasteiger partial charge on any atom is -0.316 e. The molecule has 2 rings (SSSR count). The van der Waals surface area contributed by atoms with Gasteiger partial charge in [-0.1, -0.05) is 0 Å². The minimum absolute atomic E-state index is 0.349. The largest absolute Gasteiger partial charge is 0.316 e. The molecule has 2 fully saturated rings. The summed E-state index contributed by atoms with van der Waals surface area (Å²) in [7, 11) is 0. The van der Waals surface area contributed by atoms with Crippen molar-refractivity contribution >= 4 is 12.6 Å². The van der Waals surface area contributed by atoms with Crippen molar-refractivity contribution in [3.63, 3.8) is 0 Å². The van der Waals surface area contributed by atoms with Gasteiger partial charge in [-0.2, -0.15) is 12.6 Å². The first-order chi connectivity index (χ1) is 5.75. The lowest BCUT2D eigenvalue weighted by molar-refractivity contribution is 0.485. The smallest absolute Gasteiger partial charge is 0.0475 e. The number of rotatable bonds is 2. The maximum Gasteiger partial charge on any atom is 0.0475 e. The van der Waals surface area contributed by atoms with E-state index in [-0.39, 0.29) is 0 Å². The molecule has 1 heterocycles. The van der Waals surface area contributed by atoms with Gasteiger partial charge in [0.15, 0.2) is 0 Å².